The van der Waals surface area contributed by atoms with Crippen LogP contribution in [0, 0.1) is 11.3 Å². The van der Waals surface area contributed by atoms with Gasteiger partial charge in [0.25, 0.3) is 0 Å². The largest absolute Gasteiger partial charge is 0.416 e. The Hall–Kier alpha value is -1.74. The van der Waals surface area contributed by atoms with E-state index in [1.54, 1.807) is 6.07 Å². The molecule has 0 amide bonds. The maximum atomic E-state index is 12.6. The highest BCUT2D eigenvalue weighted by Gasteiger charge is 2.31. The summed E-state index contributed by atoms with van der Waals surface area (Å²) in [6.45, 7) is 5.68. The van der Waals surface area contributed by atoms with Crippen molar-refractivity contribution in [1.29, 1.82) is 5.26 Å². The molecule has 3 nitrogen and oxygen atoms in total. The van der Waals surface area contributed by atoms with Gasteiger partial charge in [0.2, 0.25) is 0 Å². The molecular weight excluding hydrogens is 279 g/mol. The van der Waals surface area contributed by atoms with Crippen molar-refractivity contribution in [2.75, 3.05) is 25.5 Å². The second-order valence-electron chi connectivity index (χ2n) is 5.22. The Morgan fingerprint density at radius 3 is 2.52 bits per heavy atom. The fourth-order valence-electron chi connectivity index (χ4n) is 1.78. The standard InChI is InChI=1S/C15H20F3N3/c1-11(2)21(3)8-4-7-20-14-6-5-13(15(16,17)18)9-12(14)10-19/h5-6,9,11,20H,4,7-8H2,1-3H3. The molecule has 0 bridgehead atoms. The minimum absolute atomic E-state index is 0.0158. The number of alkyl halides is 3. The van der Waals surface area contributed by atoms with Gasteiger partial charge in [-0.2, -0.15) is 18.4 Å². The van der Waals surface area contributed by atoms with Crippen LogP contribution in [0.3, 0.4) is 0 Å². The van der Waals surface area contributed by atoms with Crippen molar-refractivity contribution in [2.24, 2.45) is 0 Å². The summed E-state index contributed by atoms with van der Waals surface area (Å²) in [6.07, 6.45) is -3.58. The van der Waals surface area contributed by atoms with Crippen LogP contribution in [0.1, 0.15) is 31.4 Å². The number of anilines is 1. The topological polar surface area (TPSA) is 39.1 Å². The lowest BCUT2D eigenvalue weighted by atomic mass is 10.1. The molecule has 0 aliphatic carbocycles. The molecule has 0 aliphatic rings. The summed E-state index contributed by atoms with van der Waals surface area (Å²) in [7, 11) is 2.02. The van der Waals surface area contributed by atoms with Crippen LogP contribution in [-0.4, -0.2) is 31.1 Å². The molecule has 0 atom stereocenters. The monoisotopic (exact) mass is 299 g/mol. The van der Waals surface area contributed by atoms with Crippen molar-refractivity contribution in [3.63, 3.8) is 0 Å². The summed E-state index contributed by atoms with van der Waals surface area (Å²) >= 11 is 0. The molecule has 0 heterocycles. The van der Waals surface area contributed by atoms with E-state index in [0.29, 0.717) is 18.3 Å². The molecule has 1 rings (SSSR count). The molecule has 0 unspecified atom stereocenters. The molecule has 0 saturated heterocycles. The van der Waals surface area contributed by atoms with Crippen molar-refractivity contribution < 1.29 is 13.2 Å². The van der Waals surface area contributed by atoms with Crippen molar-refractivity contribution >= 4 is 5.69 Å². The van der Waals surface area contributed by atoms with Crippen LogP contribution in [-0.2, 0) is 6.18 Å². The summed E-state index contributed by atoms with van der Waals surface area (Å²) in [5, 5.41) is 12.0. The zero-order valence-electron chi connectivity index (χ0n) is 12.5. The third-order valence-corrected chi connectivity index (χ3v) is 3.35. The van der Waals surface area contributed by atoms with Gasteiger partial charge in [-0.25, -0.2) is 0 Å². The summed E-state index contributed by atoms with van der Waals surface area (Å²) in [5.41, 5.74) is -0.344. The molecule has 0 saturated carbocycles. The Balaban J connectivity index is 2.62. The molecule has 21 heavy (non-hydrogen) atoms. The fraction of sp³-hybridized carbons (Fsp3) is 0.533. The molecule has 6 heteroatoms. The van der Waals surface area contributed by atoms with E-state index in [1.807, 2.05) is 7.05 Å². The molecule has 0 fully saturated rings. The normalized spacial score (nSPS) is 11.8. The van der Waals surface area contributed by atoms with E-state index < -0.39 is 11.7 Å². The maximum Gasteiger partial charge on any atom is 0.416 e. The van der Waals surface area contributed by atoms with E-state index in [0.717, 1.165) is 25.1 Å². The van der Waals surface area contributed by atoms with Gasteiger partial charge in [0.15, 0.2) is 0 Å². The van der Waals surface area contributed by atoms with Gasteiger partial charge < -0.3 is 10.2 Å². The van der Waals surface area contributed by atoms with E-state index in [-0.39, 0.29) is 5.56 Å². The number of rotatable bonds is 6. The van der Waals surface area contributed by atoms with Gasteiger partial charge in [0, 0.05) is 12.6 Å². The molecular formula is C15H20F3N3. The lowest BCUT2D eigenvalue weighted by Gasteiger charge is -2.21. The summed E-state index contributed by atoms with van der Waals surface area (Å²) in [5.74, 6) is 0. The number of hydrogen-bond acceptors (Lipinski definition) is 3. The van der Waals surface area contributed by atoms with Crippen LogP contribution in [0.25, 0.3) is 0 Å². The summed E-state index contributed by atoms with van der Waals surface area (Å²) in [4.78, 5) is 2.18. The van der Waals surface area contributed by atoms with Crippen LogP contribution in [0.2, 0.25) is 0 Å². The molecule has 116 valence electrons. The predicted octanol–water partition coefficient (Wildman–Crippen LogP) is 3.72. The first-order valence-corrected chi connectivity index (χ1v) is 6.81. The van der Waals surface area contributed by atoms with Gasteiger partial charge in [0.1, 0.15) is 6.07 Å². The molecule has 1 aromatic carbocycles. The number of nitrogens with one attached hydrogen (secondary N) is 1. The Labute approximate surface area is 123 Å². The zero-order chi connectivity index (χ0) is 16.0. The number of hydrogen-bond donors (Lipinski definition) is 1. The molecule has 0 aliphatic heterocycles. The average molecular weight is 299 g/mol. The SMILES string of the molecule is CC(C)N(C)CCCNc1ccc(C(F)(F)F)cc1C#N. The zero-order valence-corrected chi connectivity index (χ0v) is 12.5. The lowest BCUT2D eigenvalue weighted by Crippen LogP contribution is -2.28. The molecule has 1 aromatic rings. The first-order chi connectivity index (χ1) is 9.75. The highest BCUT2D eigenvalue weighted by Crippen LogP contribution is 2.31. The molecule has 1 N–H and O–H groups in total. The molecule has 0 radical (unpaired) electrons. The van der Waals surface area contributed by atoms with E-state index >= 15 is 0 Å². The van der Waals surface area contributed by atoms with Crippen LogP contribution in [0.15, 0.2) is 18.2 Å². The van der Waals surface area contributed by atoms with Gasteiger partial charge in [-0.1, -0.05) is 0 Å². The van der Waals surface area contributed by atoms with Gasteiger partial charge in [-0.05, 0) is 52.1 Å². The van der Waals surface area contributed by atoms with Crippen LogP contribution < -0.4 is 5.32 Å². The smallest absolute Gasteiger partial charge is 0.384 e. The minimum atomic E-state index is -4.43. The average Bonchev–Trinajstić information content (AvgIpc) is 2.42. The molecule has 0 spiro atoms. The van der Waals surface area contributed by atoms with Crippen molar-refractivity contribution in [3.8, 4) is 6.07 Å². The number of benzene rings is 1. The third-order valence-electron chi connectivity index (χ3n) is 3.35. The second-order valence-corrected chi connectivity index (χ2v) is 5.22. The van der Waals surface area contributed by atoms with E-state index in [4.69, 9.17) is 5.26 Å². The van der Waals surface area contributed by atoms with E-state index in [9.17, 15) is 13.2 Å². The first kappa shape index (κ1) is 17.3. The van der Waals surface area contributed by atoms with Gasteiger partial charge in [0.05, 0.1) is 16.8 Å². The maximum absolute atomic E-state index is 12.6. The van der Waals surface area contributed by atoms with Crippen LogP contribution in [0.5, 0.6) is 0 Å². The summed E-state index contributed by atoms with van der Waals surface area (Å²) in [6, 6.07) is 5.43. The van der Waals surface area contributed by atoms with Crippen molar-refractivity contribution in [2.45, 2.75) is 32.5 Å². The fourth-order valence-corrected chi connectivity index (χ4v) is 1.78. The Morgan fingerprint density at radius 1 is 1.33 bits per heavy atom. The number of nitrogens with zero attached hydrogens (tertiary/aromatic N) is 2. The lowest BCUT2D eigenvalue weighted by molar-refractivity contribution is -0.137. The molecule has 0 aromatic heterocycles. The second kappa shape index (κ2) is 7.32. The first-order valence-electron chi connectivity index (χ1n) is 6.81. The third kappa shape index (κ3) is 5.27. The predicted molar refractivity (Wildman–Crippen MR) is 77.0 cm³/mol. The number of nitriles is 1. The van der Waals surface area contributed by atoms with Crippen LogP contribution in [0.4, 0.5) is 18.9 Å². The van der Waals surface area contributed by atoms with E-state index in [2.05, 4.69) is 24.1 Å². The van der Waals surface area contributed by atoms with E-state index in [1.165, 1.54) is 6.07 Å². The quantitative estimate of drug-likeness (QED) is 0.814. The minimum Gasteiger partial charge on any atom is -0.384 e. The van der Waals surface area contributed by atoms with Crippen molar-refractivity contribution in [3.05, 3.63) is 29.3 Å². The number of halogens is 3. The summed E-state index contributed by atoms with van der Waals surface area (Å²) < 4.78 is 37.7. The Kier molecular flexibility index (Phi) is 6.03. The van der Waals surface area contributed by atoms with Crippen molar-refractivity contribution in [1.82, 2.24) is 4.90 Å². The Morgan fingerprint density at radius 2 is 2.00 bits per heavy atom. The highest BCUT2D eigenvalue weighted by molar-refractivity contribution is 5.58. The van der Waals surface area contributed by atoms with Gasteiger partial charge in [-0.3, -0.25) is 0 Å². The highest BCUT2D eigenvalue weighted by atomic mass is 19.4. The van der Waals surface area contributed by atoms with Crippen LogP contribution >= 0.6 is 0 Å². The Bertz CT molecular complexity index is 504. The van der Waals surface area contributed by atoms with Gasteiger partial charge in [-0.15, -0.1) is 0 Å². The van der Waals surface area contributed by atoms with Gasteiger partial charge >= 0.3 is 6.18 Å².